The zero-order valence-electron chi connectivity index (χ0n) is 8.98. The van der Waals surface area contributed by atoms with Crippen LogP contribution in [0.15, 0.2) is 18.3 Å². The van der Waals surface area contributed by atoms with Gasteiger partial charge >= 0.3 is 6.09 Å². The summed E-state index contributed by atoms with van der Waals surface area (Å²) in [6, 6.07) is 3.37. The topological polar surface area (TPSA) is 57.2 Å². The monoisotopic (exact) mass is 226 g/mol. The minimum Gasteiger partial charge on any atom is -0.443 e. The first-order valence-corrected chi connectivity index (χ1v) is 4.92. The fourth-order valence-electron chi connectivity index (χ4n) is 1.05. The average Bonchev–Trinajstić information content (AvgIpc) is 2.47. The van der Waals surface area contributed by atoms with E-state index in [0.29, 0.717) is 5.69 Å². The Labute approximate surface area is 94.0 Å². The lowest BCUT2D eigenvalue weighted by molar-refractivity contribution is 0.0536. The summed E-state index contributed by atoms with van der Waals surface area (Å²) in [7, 11) is 0. The molecule has 0 aromatic carbocycles. The SMILES string of the molecule is CC(C)(C)OC(=O)n1cccc1C(N)=S. The standard InChI is InChI=1S/C10H14N2O2S/c1-10(2,3)14-9(13)12-6-4-5-7(12)8(11)15/h4-6H,1-3H3,(H2,11,15). The highest BCUT2D eigenvalue weighted by Crippen LogP contribution is 2.11. The highest BCUT2D eigenvalue weighted by Gasteiger charge is 2.19. The molecule has 0 aliphatic heterocycles. The predicted octanol–water partition coefficient (Wildman–Crippen LogP) is 1.91. The molecule has 1 aromatic heterocycles. The van der Waals surface area contributed by atoms with Gasteiger partial charge in [0.2, 0.25) is 0 Å². The Bertz CT molecular complexity index is 390. The Morgan fingerprint density at radius 1 is 1.53 bits per heavy atom. The summed E-state index contributed by atoms with van der Waals surface area (Å²) in [6.07, 6.45) is 1.10. The maximum atomic E-state index is 11.7. The quantitative estimate of drug-likeness (QED) is 0.743. The molecule has 0 amide bonds. The fourth-order valence-corrected chi connectivity index (χ4v) is 1.22. The van der Waals surface area contributed by atoms with Crippen molar-refractivity contribution in [2.45, 2.75) is 26.4 Å². The van der Waals surface area contributed by atoms with E-state index in [1.54, 1.807) is 39.1 Å². The van der Waals surface area contributed by atoms with E-state index in [9.17, 15) is 4.79 Å². The zero-order valence-corrected chi connectivity index (χ0v) is 9.80. The van der Waals surface area contributed by atoms with Crippen molar-refractivity contribution in [2.24, 2.45) is 5.73 Å². The Hall–Kier alpha value is -1.36. The summed E-state index contributed by atoms with van der Waals surface area (Å²) in [5.41, 5.74) is 5.42. The van der Waals surface area contributed by atoms with E-state index in [4.69, 9.17) is 22.7 Å². The van der Waals surface area contributed by atoms with Crippen LogP contribution >= 0.6 is 12.2 Å². The summed E-state index contributed by atoms with van der Waals surface area (Å²) in [5, 5.41) is 0. The van der Waals surface area contributed by atoms with Gasteiger partial charge in [0.05, 0.1) is 5.69 Å². The van der Waals surface area contributed by atoms with Gasteiger partial charge in [-0.15, -0.1) is 0 Å². The second-order valence-electron chi connectivity index (χ2n) is 4.11. The molecule has 0 aliphatic rings. The minimum absolute atomic E-state index is 0.172. The molecular weight excluding hydrogens is 212 g/mol. The number of nitrogens with zero attached hydrogens (tertiary/aromatic N) is 1. The maximum absolute atomic E-state index is 11.7. The van der Waals surface area contributed by atoms with E-state index in [1.807, 2.05) is 0 Å². The molecule has 4 nitrogen and oxygen atoms in total. The van der Waals surface area contributed by atoms with Gasteiger partial charge in [0.1, 0.15) is 10.6 Å². The number of rotatable bonds is 1. The molecule has 2 N–H and O–H groups in total. The lowest BCUT2D eigenvalue weighted by atomic mass is 10.2. The minimum atomic E-state index is -0.533. The molecule has 0 saturated carbocycles. The van der Waals surface area contributed by atoms with Gasteiger partial charge in [-0.25, -0.2) is 4.79 Å². The Kier molecular flexibility index (Phi) is 3.14. The lowest BCUT2D eigenvalue weighted by Crippen LogP contribution is -2.29. The van der Waals surface area contributed by atoms with Crippen LogP contribution in [0.3, 0.4) is 0 Å². The van der Waals surface area contributed by atoms with Crippen LogP contribution < -0.4 is 5.73 Å². The summed E-state index contributed by atoms with van der Waals surface area (Å²) in [4.78, 5) is 11.8. The fraction of sp³-hybridized carbons (Fsp3) is 0.400. The number of hydrogen-bond donors (Lipinski definition) is 1. The Morgan fingerprint density at radius 2 is 2.13 bits per heavy atom. The first-order chi connectivity index (χ1) is 6.81. The molecule has 1 heterocycles. The normalized spacial score (nSPS) is 11.1. The first-order valence-electron chi connectivity index (χ1n) is 4.52. The van der Waals surface area contributed by atoms with Gasteiger partial charge in [-0.2, -0.15) is 0 Å². The molecule has 0 unspecified atom stereocenters. The molecular formula is C10H14N2O2S. The molecule has 1 aromatic rings. The van der Waals surface area contributed by atoms with Crippen LogP contribution in [-0.2, 0) is 4.74 Å². The summed E-state index contributed by atoms with van der Waals surface area (Å²) in [6.45, 7) is 5.40. The second kappa shape index (κ2) is 4.02. The summed E-state index contributed by atoms with van der Waals surface area (Å²) >= 11 is 4.81. The number of ether oxygens (including phenoxy) is 1. The van der Waals surface area contributed by atoms with Crippen molar-refractivity contribution in [3.05, 3.63) is 24.0 Å². The summed E-state index contributed by atoms with van der Waals surface area (Å²) < 4.78 is 6.48. The van der Waals surface area contributed by atoms with Gasteiger partial charge in [0, 0.05) is 6.20 Å². The van der Waals surface area contributed by atoms with Crippen LogP contribution in [0.2, 0.25) is 0 Å². The highest BCUT2D eigenvalue weighted by molar-refractivity contribution is 7.80. The van der Waals surface area contributed by atoms with Gasteiger partial charge in [0.25, 0.3) is 0 Å². The van der Waals surface area contributed by atoms with E-state index >= 15 is 0 Å². The van der Waals surface area contributed by atoms with Crippen molar-refractivity contribution >= 4 is 23.3 Å². The van der Waals surface area contributed by atoms with Gasteiger partial charge in [0.15, 0.2) is 0 Å². The van der Waals surface area contributed by atoms with E-state index in [1.165, 1.54) is 4.57 Å². The maximum Gasteiger partial charge on any atom is 0.419 e. The molecule has 5 heteroatoms. The van der Waals surface area contributed by atoms with Crippen LogP contribution in [0.4, 0.5) is 4.79 Å². The second-order valence-corrected chi connectivity index (χ2v) is 4.55. The molecule has 0 saturated heterocycles. The molecule has 82 valence electrons. The molecule has 0 bridgehead atoms. The summed E-state index contributed by atoms with van der Waals surface area (Å²) in [5.74, 6) is 0. The largest absolute Gasteiger partial charge is 0.443 e. The highest BCUT2D eigenvalue weighted by atomic mass is 32.1. The molecule has 15 heavy (non-hydrogen) atoms. The van der Waals surface area contributed by atoms with Crippen LogP contribution in [0.25, 0.3) is 0 Å². The van der Waals surface area contributed by atoms with Gasteiger partial charge in [-0.1, -0.05) is 12.2 Å². The van der Waals surface area contributed by atoms with Gasteiger partial charge in [-0.05, 0) is 32.9 Å². The predicted molar refractivity (Wildman–Crippen MR) is 62.0 cm³/mol. The van der Waals surface area contributed by atoms with Crippen molar-refractivity contribution in [3.8, 4) is 0 Å². The van der Waals surface area contributed by atoms with Crippen molar-refractivity contribution < 1.29 is 9.53 Å². The zero-order chi connectivity index (χ0) is 11.6. The number of hydrogen-bond acceptors (Lipinski definition) is 3. The van der Waals surface area contributed by atoms with E-state index in [0.717, 1.165) is 0 Å². The van der Waals surface area contributed by atoms with E-state index in [2.05, 4.69) is 0 Å². The van der Waals surface area contributed by atoms with E-state index < -0.39 is 11.7 Å². The Morgan fingerprint density at radius 3 is 2.60 bits per heavy atom. The molecule has 0 spiro atoms. The van der Waals surface area contributed by atoms with Crippen molar-refractivity contribution in [1.82, 2.24) is 4.57 Å². The number of carbonyl (C=O) groups excluding carboxylic acids is 1. The smallest absolute Gasteiger partial charge is 0.419 e. The third kappa shape index (κ3) is 3.06. The van der Waals surface area contributed by atoms with Crippen molar-refractivity contribution in [2.75, 3.05) is 0 Å². The number of carbonyl (C=O) groups is 1. The van der Waals surface area contributed by atoms with Crippen molar-refractivity contribution in [1.29, 1.82) is 0 Å². The molecule has 0 atom stereocenters. The van der Waals surface area contributed by atoms with E-state index in [-0.39, 0.29) is 4.99 Å². The number of nitrogens with two attached hydrogens (primary N) is 1. The average molecular weight is 226 g/mol. The van der Waals surface area contributed by atoms with Crippen LogP contribution in [0.1, 0.15) is 26.5 Å². The van der Waals surface area contributed by atoms with Crippen LogP contribution in [-0.4, -0.2) is 21.2 Å². The van der Waals surface area contributed by atoms with Gasteiger partial charge < -0.3 is 10.5 Å². The van der Waals surface area contributed by atoms with Crippen LogP contribution in [0.5, 0.6) is 0 Å². The third-order valence-electron chi connectivity index (χ3n) is 1.59. The van der Waals surface area contributed by atoms with Crippen molar-refractivity contribution in [3.63, 3.8) is 0 Å². The first kappa shape index (κ1) is 11.7. The molecule has 1 rings (SSSR count). The number of thiocarbonyl (C=S) groups is 1. The van der Waals surface area contributed by atoms with Gasteiger partial charge in [-0.3, -0.25) is 4.57 Å². The third-order valence-corrected chi connectivity index (χ3v) is 1.80. The molecule has 0 aliphatic carbocycles. The Balaban J connectivity index is 2.92. The van der Waals surface area contributed by atoms with Crippen LogP contribution in [0, 0.1) is 0 Å². The molecule has 0 fully saturated rings. The lowest BCUT2D eigenvalue weighted by Gasteiger charge is -2.20. The number of aromatic nitrogens is 1. The molecule has 0 radical (unpaired) electrons.